The van der Waals surface area contributed by atoms with Crippen LogP contribution >= 0.6 is 0 Å². The van der Waals surface area contributed by atoms with E-state index in [9.17, 15) is 0 Å². The Balaban J connectivity index is 2.05. The highest BCUT2D eigenvalue weighted by Crippen LogP contribution is 2.35. The van der Waals surface area contributed by atoms with Crippen LogP contribution in [0.25, 0.3) is 0 Å². The minimum atomic E-state index is -0.00892. The summed E-state index contributed by atoms with van der Waals surface area (Å²) in [5, 5.41) is 0. The smallest absolute Gasteiger partial charge is 0.231 e. The average molecular weight is 223 g/mol. The second-order valence-corrected chi connectivity index (χ2v) is 3.91. The Morgan fingerprint density at radius 3 is 2.88 bits per heavy atom. The SMILES string of the molecule is CCC(N)C(C)Oc1ccc2c(c1)OCO2. The maximum atomic E-state index is 5.90. The summed E-state index contributed by atoms with van der Waals surface area (Å²) < 4.78 is 16.2. The molecule has 2 rings (SSSR count). The lowest BCUT2D eigenvalue weighted by molar-refractivity contribution is 0.172. The molecule has 1 aromatic rings. The Labute approximate surface area is 95.3 Å². The molecule has 2 unspecified atom stereocenters. The number of rotatable bonds is 4. The number of hydrogen-bond acceptors (Lipinski definition) is 4. The molecule has 1 aliphatic rings. The summed E-state index contributed by atoms with van der Waals surface area (Å²) in [6, 6.07) is 5.60. The van der Waals surface area contributed by atoms with Crippen molar-refractivity contribution in [2.45, 2.75) is 32.4 Å². The third-order valence-corrected chi connectivity index (χ3v) is 2.74. The molecule has 0 amide bonds. The molecule has 0 fully saturated rings. The topological polar surface area (TPSA) is 53.7 Å². The van der Waals surface area contributed by atoms with Gasteiger partial charge < -0.3 is 19.9 Å². The van der Waals surface area contributed by atoms with E-state index in [1.54, 1.807) is 0 Å². The van der Waals surface area contributed by atoms with Gasteiger partial charge in [0.2, 0.25) is 6.79 Å². The van der Waals surface area contributed by atoms with Crippen molar-refractivity contribution >= 4 is 0 Å². The molecule has 0 aliphatic carbocycles. The molecular formula is C12H17NO3. The Morgan fingerprint density at radius 1 is 1.38 bits per heavy atom. The molecule has 4 nitrogen and oxygen atoms in total. The monoisotopic (exact) mass is 223 g/mol. The lowest BCUT2D eigenvalue weighted by atomic mass is 10.1. The standard InChI is InChI=1S/C12H17NO3/c1-3-10(13)8(2)16-9-4-5-11-12(6-9)15-7-14-11/h4-6,8,10H,3,7,13H2,1-2H3. The molecule has 0 saturated carbocycles. The molecule has 16 heavy (non-hydrogen) atoms. The lowest BCUT2D eigenvalue weighted by Crippen LogP contribution is -2.35. The number of hydrogen-bond donors (Lipinski definition) is 1. The van der Waals surface area contributed by atoms with E-state index in [-0.39, 0.29) is 18.9 Å². The number of nitrogens with two attached hydrogens (primary N) is 1. The minimum absolute atomic E-state index is 0.00892. The Bertz CT molecular complexity index is 367. The first kappa shape index (κ1) is 11.1. The number of fused-ring (bicyclic) bond motifs is 1. The van der Waals surface area contributed by atoms with E-state index >= 15 is 0 Å². The molecule has 88 valence electrons. The molecule has 2 N–H and O–H groups in total. The fraction of sp³-hybridized carbons (Fsp3) is 0.500. The Hall–Kier alpha value is -1.42. The first-order valence-electron chi connectivity index (χ1n) is 5.52. The van der Waals surface area contributed by atoms with Gasteiger partial charge in [-0.2, -0.15) is 0 Å². The van der Waals surface area contributed by atoms with Gasteiger partial charge in [0.15, 0.2) is 11.5 Å². The van der Waals surface area contributed by atoms with Gasteiger partial charge in [0.1, 0.15) is 11.9 Å². The van der Waals surface area contributed by atoms with Gasteiger partial charge in [-0.15, -0.1) is 0 Å². The van der Waals surface area contributed by atoms with Gasteiger partial charge in [0.25, 0.3) is 0 Å². The summed E-state index contributed by atoms with van der Waals surface area (Å²) in [4.78, 5) is 0. The van der Waals surface area contributed by atoms with Crippen molar-refractivity contribution in [2.75, 3.05) is 6.79 Å². The predicted octanol–water partition coefficient (Wildman–Crippen LogP) is 1.92. The van der Waals surface area contributed by atoms with Crippen LogP contribution in [0.15, 0.2) is 18.2 Å². The third kappa shape index (κ3) is 2.22. The first-order chi connectivity index (χ1) is 7.70. The quantitative estimate of drug-likeness (QED) is 0.847. The average Bonchev–Trinajstić information content (AvgIpc) is 2.75. The molecular weight excluding hydrogens is 206 g/mol. The van der Waals surface area contributed by atoms with Crippen molar-refractivity contribution in [3.8, 4) is 17.2 Å². The van der Waals surface area contributed by atoms with Gasteiger partial charge in [0, 0.05) is 12.1 Å². The Morgan fingerprint density at radius 2 is 2.12 bits per heavy atom. The predicted molar refractivity (Wildman–Crippen MR) is 60.9 cm³/mol. The highest BCUT2D eigenvalue weighted by Gasteiger charge is 2.16. The van der Waals surface area contributed by atoms with Gasteiger partial charge >= 0.3 is 0 Å². The van der Waals surface area contributed by atoms with Crippen molar-refractivity contribution in [3.63, 3.8) is 0 Å². The van der Waals surface area contributed by atoms with Crippen LogP contribution in [0.3, 0.4) is 0 Å². The van der Waals surface area contributed by atoms with Crippen molar-refractivity contribution in [1.82, 2.24) is 0 Å². The van der Waals surface area contributed by atoms with E-state index in [0.717, 1.165) is 23.7 Å². The zero-order valence-corrected chi connectivity index (χ0v) is 9.60. The molecule has 0 radical (unpaired) electrons. The summed E-state index contributed by atoms with van der Waals surface area (Å²) in [5.41, 5.74) is 5.90. The van der Waals surface area contributed by atoms with Gasteiger partial charge in [-0.05, 0) is 25.5 Å². The van der Waals surface area contributed by atoms with Crippen LogP contribution in [0.4, 0.5) is 0 Å². The van der Waals surface area contributed by atoms with Gasteiger partial charge in [0.05, 0.1) is 0 Å². The van der Waals surface area contributed by atoms with Crippen LogP contribution in [0.5, 0.6) is 17.2 Å². The fourth-order valence-corrected chi connectivity index (χ4v) is 1.58. The van der Waals surface area contributed by atoms with Crippen molar-refractivity contribution in [3.05, 3.63) is 18.2 Å². The third-order valence-electron chi connectivity index (χ3n) is 2.74. The van der Waals surface area contributed by atoms with E-state index < -0.39 is 0 Å². The van der Waals surface area contributed by atoms with Crippen molar-refractivity contribution in [2.24, 2.45) is 5.73 Å². The summed E-state index contributed by atoms with van der Waals surface area (Å²) in [6.07, 6.45) is 0.886. The Kier molecular flexibility index (Phi) is 3.19. The van der Waals surface area contributed by atoms with Gasteiger partial charge in [-0.25, -0.2) is 0 Å². The van der Waals surface area contributed by atoms with Gasteiger partial charge in [-0.1, -0.05) is 6.92 Å². The summed E-state index contributed by atoms with van der Waals surface area (Å²) >= 11 is 0. The second-order valence-electron chi connectivity index (χ2n) is 3.91. The van der Waals surface area contributed by atoms with E-state index in [1.807, 2.05) is 32.0 Å². The largest absolute Gasteiger partial charge is 0.489 e. The first-order valence-corrected chi connectivity index (χ1v) is 5.52. The molecule has 0 spiro atoms. The van der Waals surface area contributed by atoms with Crippen LogP contribution in [0.2, 0.25) is 0 Å². The zero-order valence-electron chi connectivity index (χ0n) is 9.60. The molecule has 1 aromatic carbocycles. The zero-order chi connectivity index (χ0) is 11.5. The fourth-order valence-electron chi connectivity index (χ4n) is 1.58. The molecule has 0 aromatic heterocycles. The van der Waals surface area contributed by atoms with E-state index in [0.29, 0.717) is 0 Å². The van der Waals surface area contributed by atoms with Crippen LogP contribution in [0.1, 0.15) is 20.3 Å². The van der Waals surface area contributed by atoms with Gasteiger partial charge in [-0.3, -0.25) is 0 Å². The summed E-state index contributed by atoms with van der Waals surface area (Å²) in [5.74, 6) is 2.26. The molecule has 1 heterocycles. The molecule has 1 aliphatic heterocycles. The lowest BCUT2D eigenvalue weighted by Gasteiger charge is -2.20. The van der Waals surface area contributed by atoms with Crippen molar-refractivity contribution in [1.29, 1.82) is 0 Å². The molecule has 0 saturated heterocycles. The summed E-state index contributed by atoms with van der Waals surface area (Å²) in [6.45, 7) is 4.30. The maximum Gasteiger partial charge on any atom is 0.231 e. The highest BCUT2D eigenvalue weighted by atomic mass is 16.7. The van der Waals surface area contributed by atoms with E-state index in [1.165, 1.54) is 0 Å². The van der Waals surface area contributed by atoms with Crippen LogP contribution in [0, 0.1) is 0 Å². The van der Waals surface area contributed by atoms with Crippen molar-refractivity contribution < 1.29 is 14.2 Å². The highest BCUT2D eigenvalue weighted by molar-refractivity contribution is 5.46. The molecule has 0 bridgehead atoms. The summed E-state index contributed by atoms with van der Waals surface area (Å²) in [7, 11) is 0. The van der Waals surface area contributed by atoms with Crippen LogP contribution < -0.4 is 19.9 Å². The minimum Gasteiger partial charge on any atom is -0.489 e. The molecule has 4 heteroatoms. The van der Waals surface area contributed by atoms with Crippen LogP contribution in [-0.2, 0) is 0 Å². The second kappa shape index (κ2) is 4.61. The van der Waals surface area contributed by atoms with E-state index in [2.05, 4.69) is 0 Å². The maximum absolute atomic E-state index is 5.90. The van der Waals surface area contributed by atoms with E-state index in [4.69, 9.17) is 19.9 Å². The normalized spacial score (nSPS) is 16.9. The number of ether oxygens (including phenoxy) is 3. The number of benzene rings is 1. The molecule has 2 atom stereocenters. The van der Waals surface area contributed by atoms with Crippen LogP contribution in [-0.4, -0.2) is 18.9 Å².